The summed E-state index contributed by atoms with van der Waals surface area (Å²) in [7, 11) is 4.59. The summed E-state index contributed by atoms with van der Waals surface area (Å²) < 4.78 is 15.7. The lowest BCUT2D eigenvalue weighted by atomic mass is 10.1. The predicted molar refractivity (Wildman–Crippen MR) is 81.6 cm³/mol. The molecule has 6 nitrogen and oxygen atoms in total. The molecule has 1 amide bonds. The van der Waals surface area contributed by atoms with Crippen LogP contribution in [-0.4, -0.2) is 46.9 Å². The Morgan fingerprint density at radius 1 is 1.00 bits per heavy atom. The lowest BCUT2D eigenvalue weighted by Crippen LogP contribution is -2.27. The van der Waals surface area contributed by atoms with Crippen molar-refractivity contribution >= 4 is 5.91 Å². The van der Waals surface area contributed by atoms with Crippen LogP contribution in [0.5, 0.6) is 17.2 Å². The van der Waals surface area contributed by atoms with Crippen molar-refractivity contribution in [1.29, 1.82) is 0 Å². The monoisotopic (exact) mass is 296 g/mol. The van der Waals surface area contributed by atoms with Gasteiger partial charge in [-0.1, -0.05) is 6.92 Å². The number of carbonyl (C=O) groups excluding carboxylic acids is 1. The van der Waals surface area contributed by atoms with E-state index in [1.807, 2.05) is 6.92 Å². The molecule has 0 aliphatic carbocycles. The Bertz CT molecular complexity index is 463. The van der Waals surface area contributed by atoms with Crippen molar-refractivity contribution in [3.05, 3.63) is 17.7 Å². The first-order valence-corrected chi connectivity index (χ1v) is 6.96. The van der Waals surface area contributed by atoms with Gasteiger partial charge in [0.1, 0.15) is 5.75 Å². The number of hydrogen-bond acceptors (Lipinski definition) is 5. The van der Waals surface area contributed by atoms with Crippen molar-refractivity contribution < 1.29 is 19.0 Å². The lowest BCUT2D eigenvalue weighted by Gasteiger charge is -2.14. The molecule has 0 unspecified atom stereocenters. The summed E-state index contributed by atoms with van der Waals surface area (Å²) in [6.07, 6.45) is 0.870. The molecule has 0 spiro atoms. The Balaban J connectivity index is 2.77. The smallest absolute Gasteiger partial charge is 0.255 e. The molecule has 118 valence electrons. The summed E-state index contributed by atoms with van der Waals surface area (Å²) in [6, 6.07) is 3.27. The van der Waals surface area contributed by atoms with Crippen LogP contribution in [0.2, 0.25) is 0 Å². The quantitative estimate of drug-likeness (QED) is 0.675. The van der Waals surface area contributed by atoms with Gasteiger partial charge in [0.15, 0.2) is 11.5 Å². The maximum atomic E-state index is 12.2. The SMILES string of the molecule is CCNCCCNC(=O)c1cc(OC)c(OC)cc1OC. The van der Waals surface area contributed by atoms with E-state index in [0.29, 0.717) is 29.4 Å². The van der Waals surface area contributed by atoms with Gasteiger partial charge in [0.05, 0.1) is 26.9 Å². The van der Waals surface area contributed by atoms with E-state index in [-0.39, 0.29) is 5.91 Å². The molecule has 1 aromatic rings. The fraction of sp³-hybridized carbons (Fsp3) is 0.533. The molecule has 0 atom stereocenters. The zero-order valence-corrected chi connectivity index (χ0v) is 13.1. The summed E-state index contributed by atoms with van der Waals surface area (Å²) in [5.41, 5.74) is 0.429. The molecule has 0 radical (unpaired) electrons. The van der Waals surface area contributed by atoms with Crippen LogP contribution in [0.15, 0.2) is 12.1 Å². The van der Waals surface area contributed by atoms with Gasteiger partial charge in [-0.05, 0) is 19.5 Å². The van der Waals surface area contributed by atoms with E-state index in [1.54, 1.807) is 12.1 Å². The molecule has 0 saturated heterocycles. The highest BCUT2D eigenvalue weighted by atomic mass is 16.5. The second-order valence-electron chi connectivity index (χ2n) is 4.37. The lowest BCUT2D eigenvalue weighted by molar-refractivity contribution is 0.0949. The number of nitrogens with one attached hydrogen (secondary N) is 2. The first kappa shape index (κ1) is 17.1. The summed E-state index contributed by atoms with van der Waals surface area (Å²) >= 11 is 0. The van der Waals surface area contributed by atoms with E-state index in [0.717, 1.165) is 19.5 Å². The van der Waals surface area contributed by atoms with Gasteiger partial charge in [-0.25, -0.2) is 0 Å². The van der Waals surface area contributed by atoms with Crippen LogP contribution in [0, 0.1) is 0 Å². The third kappa shape index (κ3) is 4.82. The Labute approximate surface area is 125 Å². The zero-order chi connectivity index (χ0) is 15.7. The number of rotatable bonds is 9. The van der Waals surface area contributed by atoms with E-state index >= 15 is 0 Å². The number of methoxy groups -OCH3 is 3. The van der Waals surface area contributed by atoms with Crippen LogP contribution in [0.1, 0.15) is 23.7 Å². The third-order valence-electron chi connectivity index (χ3n) is 3.02. The predicted octanol–water partition coefficient (Wildman–Crippen LogP) is 1.44. The maximum absolute atomic E-state index is 12.2. The van der Waals surface area contributed by atoms with Crippen LogP contribution >= 0.6 is 0 Å². The summed E-state index contributed by atoms with van der Waals surface area (Å²) in [5.74, 6) is 1.29. The molecule has 0 heterocycles. The van der Waals surface area contributed by atoms with Crippen molar-refractivity contribution in [3.63, 3.8) is 0 Å². The molecule has 6 heteroatoms. The van der Waals surface area contributed by atoms with Gasteiger partial charge in [0, 0.05) is 18.7 Å². The number of amides is 1. The average molecular weight is 296 g/mol. The van der Waals surface area contributed by atoms with Gasteiger partial charge >= 0.3 is 0 Å². The Morgan fingerprint density at radius 2 is 1.62 bits per heavy atom. The molecule has 21 heavy (non-hydrogen) atoms. The molecular formula is C15H24N2O4. The highest BCUT2D eigenvalue weighted by Crippen LogP contribution is 2.34. The Kier molecular flexibility index (Phi) is 7.39. The molecule has 1 rings (SSSR count). The molecule has 0 saturated carbocycles. The molecule has 2 N–H and O–H groups in total. The number of hydrogen-bond donors (Lipinski definition) is 2. The van der Waals surface area contributed by atoms with Crippen molar-refractivity contribution in [2.45, 2.75) is 13.3 Å². The fourth-order valence-electron chi connectivity index (χ4n) is 1.89. The molecule has 0 aliphatic heterocycles. The maximum Gasteiger partial charge on any atom is 0.255 e. The first-order valence-electron chi connectivity index (χ1n) is 6.96. The normalized spacial score (nSPS) is 10.1. The number of ether oxygens (including phenoxy) is 3. The minimum Gasteiger partial charge on any atom is -0.496 e. The van der Waals surface area contributed by atoms with E-state index in [2.05, 4.69) is 10.6 Å². The number of carbonyl (C=O) groups is 1. The van der Waals surface area contributed by atoms with E-state index < -0.39 is 0 Å². The van der Waals surface area contributed by atoms with Crippen molar-refractivity contribution in [3.8, 4) is 17.2 Å². The van der Waals surface area contributed by atoms with E-state index in [1.165, 1.54) is 21.3 Å². The second-order valence-corrected chi connectivity index (χ2v) is 4.37. The number of benzene rings is 1. The second kappa shape index (κ2) is 9.07. The fourth-order valence-corrected chi connectivity index (χ4v) is 1.89. The molecule has 0 aliphatic rings. The van der Waals surface area contributed by atoms with Gasteiger partial charge in [-0.3, -0.25) is 4.79 Å². The van der Waals surface area contributed by atoms with Crippen LogP contribution in [0.4, 0.5) is 0 Å². The molecule has 0 bridgehead atoms. The summed E-state index contributed by atoms with van der Waals surface area (Å²) in [4.78, 5) is 12.2. The van der Waals surface area contributed by atoms with E-state index in [4.69, 9.17) is 14.2 Å². The van der Waals surface area contributed by atoms with Crippen LogP contribution < -0.4 is 24.8 Å². The van der Waals surface area contributed by atoms with Crippen molar-refractivity contribution in [1.82, 2.24) is 10.6 Å². The van der Waals surface area contributed by atoms with Gasteiger partial charge in [-0.15, -0.1) is 0 Å². The van der Waals surface area contributed by atoms with Gasteiger partial charge in [-0.2, -0.15) is 0 Å². The molecular weight excluding hydrogens is 272 g/mol. The highest BCUT2D eigenvalue weighted by Gasteiger charge is 2.17. The highest BCUT2D eigenvalue weighted by molar-refractivity contribution is 5.97. The van der Waals surface area contributed by atoms with Gasteiger partial charge in [0.2, 0.25) is 0 Å². The van der Waals surface area contributed by atoms with Gasteiger partial charge in [0.25, 0.3) is 5.91 Å². The topological polar surface area (TPSA) is 68.8 Å². The van der Waals surface area contributed by atoms with Crippen molar-refractivity contribution in [2.24, 2.45) is 0 Å². The van der Waals surface area contributed by atoms with Crippen LogP contribution in [0.3, 0.4) is 0 Å². The van der Waals surface area contributed by atoms with Crippen LogP contribution in [0.25, 0.3) is 0 Å². The summed E-state index contributed by atoms with van der Waals surface area (Å²) in [5, 5.41) is 6.07. The van der Waals surface area contributed by atoms with E-state index in [9.17, 15) is 4.79 Å². The molecule has 0 fully saturated rings. The Morgan fingerprint density at radius 3 is 2.19 bits per heavy atom. The zero-order valence-electron chi connectivity index (χ0n) is 13.1. The Hall–Kier alpha value is -1.95. The van der Waals surface area contributed by atoms with Crippen molar-refractivity contribution in [2.75, 3.05) is 41.0 Å². The minimum absolute atomic E-state index is 0.190. The van der Waals surface area contributed by atoms with Crippen LogP contribution in [-0.2, 0) is 0 Å². The summed E-state index contributed by atoms with van der Waals surface area (Å²) in [6.45, 7) is 4.45. The first-order chi connectivity index (χ1) is 10.2. The molecule has 0 aromatic heterocycles. The molecule has 1 aromatic carbocycles. The van der Waals surface area contributed by atoms with Gasteiger partial charge < -0.3 is 24.8 Å². The average Bonchev–Trinajstić information content (AvgIpc) is 2.52. The minimum atomic E-state index is -0.190. The standard InChI is InChI=1S/C15H24N2O4/c1-5-16-7-6-8-17-15(18)11-9-13(20-3)14(21-4)10-12(11)19-2/h9-10,16H,5-8H2,1-4H3,(H,17,18). The third-order valence-corrected chi connectivity index (χ3v) is 3.02. The largest absolute Gasteiger partial charge is 0.496 e.